The average Bonchev–Trinajstić information content (AvgIpc) is 2.49. The molecule has 2 rings (SSSR count). The molecule has 22 heavy (non-hydrogen) atoms. The third kappa shape index (κ3) is 4.65. The Hall–Kier alpha value is -0.690. The highest BCUT2D eigenvalue weighted by Crippen LogP contribution is 2.23. The number of likely N-dealkylation sites (tertiary alicyclic amines) is 1. The van der Waals surface area contributed by atoms with E-state index in [0.717, 1.165) is 51.0 Å². The third-order valence-electron chi connectivity index (χ3n) is 3.99. The normalized spacial score (nSPS) is 17.8. The first-order chi connectivity index (χ1) is 10.4. The van der Waals surface area contributed by atoms with E-state index in [2.05, 4.69) is 16.5 Å². The van der Waals surface area contributed by atoms with Crippen LogP contribution in [0.25, 0.3) is 0 Å². The van der Waals surface area contributed by atoms with Crippen molar-refractivity contribution < 1.29 is 12.8 Å². The monoisotopic (exact) mass is 348 g/mol. The second-order valence-electron chi connectivity index (χ2n) is 5.71. The number of rotatable bonds is 6. The largest absolute Gasteiger partial charge is 0.303 e. The summed E-state index contributed by atoms with van der Waals surface area (Å²) in [4.78, 5) is 2.20. The van der Waals surface area contributed by atoms with Gasteiger partial charge in [-0.3, -0.25) is 0 Å². The van der Waals surface area contributed by atoms with Crippen LogP contribution in [0, 0.1) is 11.7 Å². The van der Waals surface area contributed by atoms with Crippen molar-refractivity contribution in [3.63, 3.8) is 0 Å². The van der Waals surface area contributed by atoms with E-state index < -0.39 is 15.8 Å². The maximum Gasteiger partial charge on any atom is 0.242 e. The van der Waals surface area contributed by atoms with E-state index in [-0.39, 0.29) is 9.92 Å². The molecular weight excluding hydrogens is 327 g/mol. The lowest BCUT2D eigenvalue weighted by Gasteiger charge is -2.31. The summed E-state index contributed by atoms with van der Waals surface area (Å²) in [7, 11) is -3.77. The SMILES string of the molecule is CCCN1CCC(CNS(=O)(=O)c2cc(F)ccc2Cl)CC1. The molecular formula is C15H22ClFN2O2S. The van der Waals surface area contributed by atoms with Crippen molar-refractivity contribution >= 4 is 21.6 Å². The minimum atomic E-state index is -3.77. The molecule has 124 valence electrons. The number of nitrogens with one attached hydrogen (secondary N) is 1. The average molecular weight is 349 g/mol. The highest BCUT2D eigenvalue weighted by atomic mass is 35.5. The molecule has 1 aliphatic rings. The van der Waals surface area contributed by atoms with Crippen LogP contribution in [0.2, 0.25) is 5.02 Å². The van der Waals surface area contributed by atoms with E-state index in [0.29, 0.717) is 12.5 Å². The second-order valence-corrected chi connectivity index (χ2v) is 7.85. The summed E-state index contributed by atoms with van der Waals surface area (Å²) in [6, 6.07) is 3.36. The van der Waals surface area contributed by atoms with E-state index in [4.69, 9.17) is 11.6 Å². The molecule has 1 N–H and O–H groups in total. The number of piperidine rings is 1. The van der Waals surface area contributed by atoms with E-state index in [1.807, 2.05) is 0 Å². The molecule has 1 aromatic rings. The van der Waals surface area contributed by atoms with Crippen LogP contribution in [0.15, 0.2) is 23.1 Å². The Balaban J connectivity index is 1.92. The standard InChI is InChI=1S/C15H22ClFN2O2S/c1-2-7-19-8-5-12(6-9-19)11-18-22(20,21)15-10-13(17)3-4-14(15)16/h3-4,10,12,18H,2,5-9,11H2,1H3. The Morgan fingerprint density at radius 2 is 2.05 bits per heavy atom. The highest BCUT2D eigenvalue weighted by Gasteiger charge is 2.23. The molecule has 0 amide bonds. The molecule has 0 aromatic heterocycles. The molecule has 1 heterocycles. The fourth-order valence-electron chi connectivity index (χ4n) is 2.72. The van der Waals surface area contributed by atoms with Gasteiger partial charge in [-0.25, -0.2) is 17.5 Å². The third-order valence-corrected chi connectivity index (χ3v) is 5.90. The zero-order valence-electron chi connectivity index (χ0n) is 12.7. The zero-order chi connectivity index (χ0) is 16.2. The van der Waals surface area contributed by atoms with Gasteiger partial charge in [-0.1, -0.05) is 18.5 Å². The van der Waals surface area contributed by atoms with Crippen LogP contribution >= 0.6 is 11.6 Å². The predicted molar refractivity (Wildman–Crippen MR) is 86.1 cm³/mol. The highest BCUT2D eigenvalue weighted by molar-refractivity contribution is 7.89. The van der Waals surface area contributed by atoms with E-state index in [1.54, 1.807) is 0 Å². The minimum absolute atomic E-state index is 0.0339. The summed E-state index contributed by atoms with van der Waals surface area (Å²) in [5.41, 5.74) is 0. The van der Waals surface area contributed by atoms with Crippen LogP contribution < -0.4 is 4.72 Å². The fourth-order valence-corrected chi connectivity index (χ4v) is 4.34. The molecule has 7 heteroatoms. The lowest BCUT2D eigenvalue weighted by Crippen LogP contribution is -2.38. The van der Waals surface area contributed by atoms with E-state index in [1.165, 1.54) is 6.07 Å². The van der Waals surface area contributed by atoms with Crippen molar-refractivity contribution in [3.05, 3.63) is 29.0 Å². The van der Waals surface area contributed by atoms with Gasteiger partial charge in [0, 0.05) is 6.54 Å². The van der Waals surface area contributed by atoms with Crippen LogP contribution in [-0.4, -0.2) is 39.5 Å². The van der Waals surface area contributed by atoms with Crippen LogP contribution in [0.5, 0.6) is 0 Å². The second kappa shape index (κ2) is 7.73. The molecule has 0 saturated carbocycles. The first kappa shape index (κ1) is 17.7. The van der Waals surface area contributed by atoms with Gasteiger partial charge in [0.2, 0.25) is 10.0 Å². The first-order valence-electron chi connectivity index (χ1n) is 7.59. The van der Waals surface area contributed by atoms with E-state index >= 15 is 0 Å². The zero-order valence-corrected chi connectivity index (χ0v) is 14.3. The van der Waals surface area contributed by atoms with Gasteiger partial charge in [0.05, 0.1) is 5.02 Å². The molecule has 0 aliphatic carbocycles. The van der Waals surface area contributed by atoms with Crippen LogP contribution in [0.3, 0.4) is 0 Å². The minimum Gasteiger partial charge on any atom is -0.303 e. The van der Waals surface area contributed by atoms with Crippen molar-refractivity contribution in [2.24, 2.45) is 5.92 Å². The van der Waals surface area contributed by atoms with Gasteiger partial charge in [-0.05, 0) is 63.0 Å². The molecule has 0 bridgehead atoms. The lowest BCUT2D eigenvalue weighted by molar-refractivity contribution is 0.186. The maximum atomic E-state index is 13.2. The molecule has 0 unspecified atom stereocenters. The number of hydrogen-bond donors (Lipinski definition) is 1. The van der Waals surface area contributed by atoms with Crippen molar-refractivity contribution in [2.45, 2.75) is 31.1 Å². The number of hydrogen-bond acceptors (Lipinski definition) is 3. The quantitative estimate of drug-likeness (QED) is 0.860. The molecule has 1 fully saturated rings. The molecule has 1 aliphatic heterocycles. The summed E-state index contributed by atoms with van der Waals surface area (Å²) in [5, 5.41) is 0.0339. The van der Waals surface area contributed by atoms with Crippen LogP contribution in [0.1, 0.15) is 26.2 Å². The molecule has 0 radical (unpaired) electrons. The Kier molecular flexibility index (Phi) is 6.20. The Morgan fingerprint density at radius 3 is 2.68 bits per heavy atom. The van der Waals surface area contributed by atoms with Gasteiger partial charge in [-0.15, -0.1) is 0 Å². The summed E-state index contributed by atoms with van der Waals surface area (Å²) < 4.78 is 40.3. The van der Waals surface area contributed by atoms with Gasteiger partial charge in [0.25, 0.3) is 0 Å². The van der Waals surface area contributed by atoms with Crippen molar-refractivity contribution in [1.29, 1.82) is 0 Å². The molecule has 0 spiro atoms. The summed E-state index contributed by atoms with van der Waals surface area (Å²) in [6.07, 6.45) is 3.08. The van der Waals surface area contributed by atoms with E-state index in [9.17, 15) is 12.8 Å². The molecule has 1 saturated heterocycles. The van der Waals surface area contributed by atoms with Crippen LogP contribution in [-0.2, 0) is 10.0 Å². The topological polar surface area (TPSA) is 49.4 Å². The van der Waals surface area contributed by atoms with Gasteiger partial charge in [-0.2, -0.15) is 0 Å². The Labute approximate surface area is 136 Å². The summed E-state index contributed by atoms with van der Waals surface area (Å²) in [6.45, 7) is 5.62. The van der Waals surface area contributed by atoms with Gasteiger partial charge < -0.3 is 4.90 Å². The van der Waals surface area contributed by atoms with Gasteiger partial charge >= 0.3 is 0 Å². The Morgan fingerprint density at radius 1 is 1.36 bits per heavy atom. The van der Waals surface area contributed by atoms with Crippen LogP contribution in [0.4, 0.5) is 4.39 Å². The first-order valence-corrected chi connectivity index (χ1v) is 9.45. The lowest BCUT2D eigenvalue weighted by atomic mass is 9.97. The van der Waals surface area contributed by atoms with Gasteiger partial charge in [0.15, 0.2) is 0 Å². The summed E-state index contributed by atoms with van der Waals surface area (Å²) in [5.74, 6) is -0.298. The summed E-state index contributed by atoms with van der Waals surface area (Å²) >= 11 is 5.86. The predicted octanol–water partition coefficient (Wildman–Crippen LogP) is 2.88. The molecule has 0 atom stereocenters. The molecule has 4 nitrogen and oxygen atoms in total. The fraction of sp³-hybridized carbons (Fsp3) is 0.600. The maximum absolute atomic E-state index is 13.2. The molecule has 1 aromatic carbocycles. The number of halogens is 2. The van der Waals surface area contributed by atoms with Gasteiger partial charge in [0.1, 0.15) is 10.7 Å². The number of sulfonamides is 1. The van der Waals surface area contributed by atoms with Crippen molar-refractivity contribution in [2.75, 3.05) is 26.2 Å². The number of benzene rings is 1. The van der Waals surface area contributed by atoms with Crippen molar-refractivity contribution in [3.8, 4) is 0 Å². The smallest absolute Gasteiger partial charge is 0.242 e. The van der Waals surface area contributed by atoms with Crippen molar-refractivity contribution in [1.82, 2.24) is 9.62 Å². The number of nitrogens with zero attached hydrogens (tertiary/aromatic N) is 1. The Bertz CT molecular complexity index is 602.